The van der Waals surface area contributed by atoms with Crippen molar-refractivity contribution < 1.29 is 24.0 Å². The predicted molar refractivity (Wildman–Crippen MR) is 79.2 cm³/mol. The second kappa shape index (κ2) is 6.51. The Hall–Kier alpha value is -2.83. The van der Waals surface area contributed by atoms with Crippen molar-refractivity contribution in [3.63, 3.8) is 0 Å². The maximum atomic E-state index is 12.0. The Morgan fingerprint density at radius 1 is 1.35 bits per heavy atom. The highest BCUT2D eigenvalue weighted by molar-refractivity contribution is 5.92. The van der Waals surface area contributed by atoms with E-state index in [1.807, 2.05) is 6.07 Å². The molecule has 2 aromatic rings. The number of carbonyl (C=O) groups is 2. The molecule has 0 saturated heterocycles. The van der Waals surface area contributed by atoms with Gasteiger partial charge in [0, 0.05) is 18.5 Å². The SMILES string of the molecule is O=C(O)COc1cccc(CNC(=O)c2cc(C3CC3)on2)c1. The van der Waals surface area contributed by atoms with E-state index in [1.165, 1.54) is 0 Å². The quantitative estimate of drug-likeness (QED) is 0.809. The number of carboxylic acids is 1. The Morgan fingerprint density at radius 3 is 2.91 bits per heavy atom. The minimum atomic E-state index is -1.04. The van der Waals surface area contributed by atoms with E-state index in [4.69, 9.17) is 14.4 Å². The first-order valence-corrected chi connectivity index (χ1v) is 7.30. The van der Waals surface area contributed by atoms with Crippen molar-refractivity contribution in [3.05, 3.63) is 47.3 Å². The standard InChI is InChI=1S/C16H16N2O5/c19-15(20)9-22-12-3-1-2-10(6-12)8-17-16(21)13-7-14(23-18-13)11-4-5-11/h1-3,6-7,11H,4-5,8-9H2,(H,17,21)(H,19,20). The number of nitrogens with zero attached hydrogens (tertiary/aromatic N) is 1. The van der Waals surface area contributed by atoms with Crippen LogP contribution in [0.3, 0.4) is 0 Å². The average Bonchev–Trinajstić information content (AvgIpc) is 3.28. The molecule has 120 valence electrons. The molecule has 0 unspecified atom stereocenters. The number of aromatic nitrogens is 1. The third kappa shape index (κ3) is 4.09. The number of nitrogens with one attached hydrogen (secondary N) is 1. The van der Waals surface area contributed by atoms with Crippen LogP contribution in [-0.2, 0) is 11.3 Å². The van der Waals surface area contributed by atoms with Crippen molar-refractivity contribution in [2.45, 2.75) is 25.3 Å². The second-order valence-corrected chi connectivity index (χ2v) is 5.40. The third-order valence-corrected chi connectivity index (χ3v) is 3.45. The summed E-state index contributed by atoms with van der Waals surface area (Å²) in [5.41, 5.74) is 1.07. The Kier molecular flexibility index (Phi) is 4.27. The molecule has 1 aliphatic carbocycles. The molecule has 1 fully saturated rings. The summed E-state index contributed by atoms with van der Waals surface area (Å²) < 4.78 is 10.2. The van der Waals surface area contributed by atoms with Crippen molar-refractivity contribution in [2.24, 2.45) is 0 Å². The predicted octanol–water partition coefficient (Wildman–Crippen LogP) is 1.95. The normalized spacial score (nSPS) is 13.6. The molecule has 23 heavy (non-hydrogen) atoms. The van der Waals surface area contributed by atoms with E-state index >= 15 is 0 Å². The molecule has 0 aliphatic heterocycles. The van der Waals surface area contributed by atoms with Crippen LogP contribution >= 0.6 is 0 Å². The van der Waals surface area contributed by atoms with Crippen molar-refractivity contribution >= 4 is 11.9 Å². The molecule has 1 heterocycles. The van der Waals surface area contributed by atoms with E-state index in [0.29, 0.717) is 11.7 Å². The second-order valence-electron chi connectivity index (χ2n) is 5.40. The zero-order valence-electron chi connectivity index (χ0n) is 12.3. The van der Waals surface area contributed by atoms with Crippen LogP contribution in [0, 0.1) is 0 Å². The molecule has 1 amide bonds. The third-order valence-electron chi connectivity index (χ3n) is 3.45. The summed E-state index contributed by atoms with van der Waals surface area (Å²) in [6.45, 7) is -0.118. The lowest BCUT2D eigenvalue weighted by Gasteiger charge is -2.07. The summed E-state index contributed by atoms with van der Waals surface area (Å²) in [6.07, 6.45) is 2.17. The van der Waals surface area contributed by atoms with Gasteiger partial charge in [0.2, 0.25) is 0 Å². The maximum absolute atomic E-state index is 12.0. The fourth-order valence-electron chi connectivity index (χ4n) is 2.12. The smallest absolute Gasteiger partial charge is 0.341 e. The largest absolute Gasteiger partial charge is 0.482 e. The van der Waals surface area contributed by atoms with Crippen LogP contribution in [0.2, 0.25) is 0 Å². The Balaban J connectivity index is 1.55. The molecule has 1 saturated carbocycles. The topological polar surface area (TPSA) is 102 Å². The first-order chi connectivity index (χ1) is 11.1. The molecule has 0 bridgehead atoms. The molecule has 2 N–H and O–H groups in total. The lowest BCUT2D eigenvalue weighted by Crippen LogP contribution is -2.23. The number of carbonyl (C=O) groups excluding carboxylic acids is 1. The van der Waals surface area contributed by atoms with Gasteiger partial charge in [-0.25, -0.2) is 4.79 Å². The van der Waals surface area contributed by atoms with Crippen molar-refractivity contribution in [2.75, 3.05) is 6.61 Å². The maximum Gasteiger partial charge on any atom is 0.341 e. The van der Waals surface area contributed by atoms with Gasteiger partial charge in [0.05, 0.1) is 0 Å². The van der Waals surface area contributed by atoms with E-state index in [1.54, 1.807) is 24.3 Å². The van der Waals surface area contributed by atoms with Crippen LogP contribution in [0.5, 0.6) is 5.75 Å². The van der Waals surface area contributed by atoms with Gasteiger partial charge >= 0.3 is 5.97 Å². The van der Waals surface area contributed by atoms with Crippen molar-refractivity contribution in [1.29, 1.82) is 0 Å². The van der Waals surface area contributed by atoms with Gasteiger partial charge in [0.1, 0.15) is 11.5 Å². The minimum absolute atomic E-state index is 0.269. The van der Waals surface area contributed by atoms with Gasteiger partial charge in [-0.2, -0.15) is 0 Å². The van der Waals surface area contributed by atoms with Crippen molar-refractivity contribution in [3.8, 4) is 5.75 Å². The first-order valence-electron chi connectivity index (χ1n) is 7.30. The Labute approximate surface area is 132 Å². The monoisotopic (exact) mass is 316 g/mol. The highest BCUT2D eigenvalue weighted by atomic mass is 16.5. The molecule has 1 aromatic carbocycles. The van der Waals surface area contributed by atoms with Crippen LogP contribution < -0.4 is 10.1 Å². The van der Waals surface area contributed by atoms with Gasteiger partial charge in [-0.3, -0.25) is 4.79 Å². The highest BCUT2D eigenvalue weighted by Gasteiger charge is 2.28. The summed E-state index contributed by atoms with van der Waals surface area (Å²) in [5.74, 6) is 0.265. The fourth-order valence-corrected chi connectivity index (χ4v) is 2.12. The molecular weight excluding hydrogens is 300 g/mol. The number of hydrogen-bond donors (Lipinski definition) is 2. The molecule has 0 atom stereocenters. The van der Waals surface area contributed by atoms with E-state index in [9.17, 15) is 9.59 Å². The lowest BCUT2D eigenvalue weighted by atomic mass is 10.2. The van der Waals surface area contributed by atoms with E-state index in [2.05, 4.69) is 10.5 Å². The number of ether oxygens (including phenoxy) is 1. The van der Waals surface area contributed by atoms with E-state index in [-0.39, 0.29) is 18.1 Å². The number of carboxylic acid groups (broad SMARTS) is 1. The summed E-state index contributed by atoms with van der Waals surface area (Å²) in [5, 5.41) is 15.1. The van der Waals surface area contributed by atoms with Gasteiger partial charge in [0.15, 0.2) is 12.3 Å². The van der Waals surface area contributed by atoms with Gasteiger partial charge in [-0.1, -0.05) is 17.3 Å². The summed E-state index contributed by atoms with van der Waals surface area (Å²) in [7, 11) is 0. The molecule has 1 aliphatic rings. The fraction of sp³-hybridized carbons (Fsp3) is 0.312. The number of benzene rings is 1. The highest BCUT2D eigenvalue weighted by Crippen LogP contribution is 2.40. The van der Waals surface area contributed by atoms with Crippen LogP contribution in [0.1, 0.15) is 40.6 Å². The molecule has 0 spiro atoms. The summed E-state index contributed by atoms with van der Waals surface area (Å²) in [4.78, 5) is 22.5. The van der Waals surface area contributed by atoms with Gasteiger partial charge in [0.25, 0.3) is 5.91 Å². The molecule has 3 rings (SSSR count). The number of amides is 1. The van der Waals surface area contributed by atoms with Crippen LogP contribution in [0.15, 0.2) is 34.9 Å². The zero-order chi connectivity index (χ0) is 16.2. The molecule has 1 aromatic heterocycles. The van der Waals surface area contributed by atoms with Gasteiger partial charge < -0.3 is 19.7 Å². The van der Waals surface area contributed by atoms with Crippen LogP contribution in [0.4, 0.5) is 0 Å². The average molecular weight is 316 g/mol. The van der Waals surface area contributed by atoms with E-state index < -0.39 is 12.6 Å². The minimum Gasteiger partial charge on any atom is -0.482 e. The van der Waals surface area contributed by atoms with Gasteiger partial charge in [-0.15, -0.1) is 0 Å². The molecule has 0 radical (unpaired) electrons. The molecular formula is C16H16N2O5. The zero-order valence-corrected chi connectivity index (χ0v) is 12.3. The Bertz CT molecular complexity index is 721. The number of rotatable bonds is 7. The van der Waals surface area contributed by atoms with E-state index in [0.717, 1.165) is 24.2 Å². The number of aliphatic carboxylic acids is 1. The van der Waals surface area contributed by atoms with Gasteiger partial charge in [-0.05, 0) is 30.5 Å². The summed E-state index contributed by atoms with van der Waals surface area (Å²) in [6, 6.07) is 8.57. The molecule has 7 nitrogen and oxygen atoms in total. The molecule has 7 heteroatoms. The van der Waals surface area contributed by atoms with Crippen LogP contribution in [0.25, 0.3) is 0 Å². The van der Waals surface area contributed by atoms with Crippen molar-refractivity contribution in [1.82, 2.24) is 10.5 Å². The van der Waals surface area contributed by atoms with Crippen LogP contribution in [-0.4, -0.2) is 28.7 Å². The first kappa shape index (κ1) is 15.1. The lowest BCUT2D eigenvalue weighted by molar-refractivity contribution is -0.139. The number of hydrogen-bond acceptors (Lipinski definition) is 5. The summed E-state index contributed by atoms with van der Waals surface area (Å²) >= 11 is 0. The Morgan fingerprint density at radius 2 is 2.17 bits per heavy atom.